The standard InChI is InChI=1S/C12H15ClF4N2O/c1-7(2)18-4-8-3-10(19-5-9(8)13)20-6-12(16,17)11(14)15/h3,5,7,11,18H,4,6H2,1-2H3. The number of pyridine rings is 1. The minimum atomic E-state index is -4.21. The number of hydrogen-bond donors (Lipinski definition) is 1. The Kier molecular flexibility index (Phi) is 6.01. The van der Waals surface area contributed by atoms with Crippen LogP contribution in [0.5, 0.6) is 5.88 Å². The lowest BCUT2D eigenvalue weighted by Gasteiger charge is -2.16. The summed E-state index contributed by atoms with van der Waals surface area (Å²) in [5.74, 6) is -4.38. The first-order chi connectivity index (χ1) is 9.22. The van der Waals surface area contributed by atoms with E-state index in [2.05, 4.69) is 15.0 Å². The molecule has 0 atom stereocenters. The van der Waals surface area contributed by atoms with Gasteiger partial charge in [-0.05, 0) is 5.56 Å². The van der Waals surface area contributed by atoms with Crippen molar-refractivity contribution < 1.29 is 22.3 Å². The highest BCUT2D eigenvalue weighted by atomic mass is 35.5. The lowest BCUT2D eigenvalue weighted by molar-refractivity contribution is -0.148. The number of ether oxygens (including phenoxy) is 1. The van der Waals surface area contributed by atoms with Crippen LogP contribution in [0.4, 0.5) is 17.6 Å². The minimum Gasteiger partial charge on any atom is -0.471 e. The maximum absolute atomic E-state index is 12.7. The van der Waals surface area contributed by atoms with Crippen LogP contribution in [0, 0.1) is 0 Å². The third kappa shape index (κ3) is 5.13. The van der Waals surface area contributed by atoms with Crippen LogP contribution in [0.1, 0.15) is 19.4 Å². The molecular weight excluding hydrogens is 300 g/mol. The van der Waals surface area contributed by atoms with E-state index in [1.165, 1.54) is 12.3 Å². The van der Waals surface area contributed by atoms with Gasteiger partial charge in [0.2, 0.25) is 5.88 Å². The first kappa shape index (κ1) is 17.0. The fourth-order valence-electron chi connectivity index (χ4n) is 1.22. The van der Waals surface area contributed by atoms with Gasteiger partial charge in [0, 0.05) is 24.8 Å². The molecular formula is C12H15ClF4N2O. The summed E-state index contributed by atoms with van der Waals surface area (Å²) in [5.41, 5.74) is 0.589. The highest BCUT2D eigenvalue weighted by molar-refractivity contribution is 6.31. The predicted molar refractivity (Wildman–Crippen MR) is 67.7 cm³/mol. The van der Waals surface area contributed by atoms with Gasteiger partial charge in [0.05, 0.1) is 5.02 Å². The van der Waals surface area contributed by atoms with Crippen molar-refractivity contribution in [3.8, 4) is 5.88 Å². The summed E-state index contributed by atoms with van der Waals surface area (Å²) in [6.45, 7) is 2.81. The van der Waals surface area contributed by atoms with E-state index in [1.54, 1.807) is 0 Å². The molecule has 0 aromatic carbocycles. The zero-order chi connectivity index (χ0) is 15.3. The monoisotopic (exact) mass is 314 g/mol. The summed E-state index contributed by atoms with van der Waals surface area (Å²) < 4.78 is 54.0. The van der Waals surface area contributed by atoms with Gasteiger partial charge in [0.25, 0.3) is 0 Å². The summed E-state index contributed by atoms with van der Waals surface area (Å²) in [6, 6.07) is 1.55. The Bertz CT molecular complexity index is 443. The summed E-state index contributed by atoms with van der Waals surface area (Å²) in [5, 5.41) is 3.42. The third-order valence-electron chi connectivity index (χ3n) is 2.34. The van der Waals surface area contributed by atoms with Gasteiger partial charge in [-0.15, -0.1) is 0 Å². The Hall–Kier alpha value is -1.08. The zero-order valence-corrected chi connectivity index (χ0v) is 11.7. The van der Waals surface area contributed by atoms with Crippen molar-refractivity contribution in [2.24, 2.45) is 0 Å². The molecule has 1 N–H and O–H groups in total. The highest BCUT2D eigenvalue weighted by Gasteiger charge is 2.41. The molecule has 1 aromatic heterocycles. The Balaban J connectivity index is 2.70. The van der Waals surface area contributed by atoms with E-state index in [4.69, 9.17) is 11.6 Å². The Morgan fingerprint density at radius 3 is 2.60 bits per heavy atom. The van der Waals surface area contributed by atoms with Gasteiger partial charge in [0.15, 0.2) is 6.61 Å². The summed E-state index contributed by atoms with van der Waals surface area (Å²) >= 11 is 5.89. The van der Waals surface area contributed by atoms with Crippen LogP contribution in [-0.2, 0) is 6.54 Å². The Labute approximate surface area is 119 Å². The van der Waals surface area contributed by atoms with Gasteiger partial charge in [0.1, 0.15) is 0 Å². The Morgan fingerprint density at radius 1 is 1.40 bits per heavy atom. The molecule has 20 heavy (non-hydrogen) atoms. The molecule has 0 radical (unpaired) electrons. The van der Waals surface area contributed by atoms with Crippen LogP contribution < -0.4 is 10.1 Å². The average molecular weight is 315 g/mol. The smallest absolute Gasteiger partial charge is 0.340 e. The van der Waals surface area contributed by atoms with Gasteiger partial charge in [-0.25, -0.2) is 13.8 Å². The lowest BCUT2D eigenvalue weighted by atomic mass is 10.2. The SMILES string of the molecule is CC(C)NCc1cc(OCC(F)(F)C(F)F)ncc1Cl. The molecule has 0 spiro atoms. The molecule has 0 aliphatic heterocycles. The van der Waals surface area contributed by atoms with Crippen molar-refractivity contribution in [3.05, 3.63) is 22.8 Å². The first-order valence-electron chi connectivity index (χ1n) is 5.89. The molecule has 0 unspecified atom stereocenters. The maximum atomic E-state index is 12.7. The van der Waals surface area contributed by atoms with Gasteiger partial charge in [-0.2, -0.15) is 8.78 Å². The number of hydrogen-bond acceptors (Lipinski definition) is 3. The van der Waals surface area contributed by atoms with Crippen molar-refractivity contribution in [1.82, 2.24) is 10.3 Å². The van der Waals surface area contributed by atoms with Gasteiger partial charge in [-0.3, -0.25) is 0 Å². The topological polar surface area (TPSA) is 34.1 Å². The molecule has 0 bridgehead atoms. The number of nitrogens with one attached hydrogen (secondary N) is 1. The molecule has 0 aliphatic rings. The first-order valence-corrected chi connectivity index (χ1v) is 6.26. The number of alkyl halides is 4. The molecule has 114 valence electrons. The van der Waals surface area contributed by atoms with E-state index in [0.29, 0.717) is 17.1 Å². The minimum absolute atomic E-state index is 0.171. The molecule has 1 heterocycles. The third-order valence-corrected chi connectivity index (χ3v) is 2.68. The second kappa shape index (κ2) is 7.08. The van der Waals surface area contributed by atoms with Crippen LogP contribution in [0.3, 0.4) is 0 Å². The molecule has 0 saturated carbocycles. The van der Waals surface area contributed by atoms with Gasteiger partial charge in [-0.1, -0.05) is 25.4 Å². The molecule has 1 rings (SSSR count). The van der Waals surface area contributed by atoms with Crippen molar-refractivity contribution >= 4 is 11.6 Å². The molecule has 0 saturated heterocycles. The van der Waals surface area contributed by atoms with Crippen LogP contribution in [0.15, 0.2) is 12.3 Å². The number of aromatic nitrogens is 1. The highest BCUT2D eigenvalue weighted by Crippen LogP contribution is 2.25. The molecule has 0 amide bonds. The van der Waals surface area contributed by atoms with E-state index < -0.39 is 19.0 Å². The van der Waals surface area contributed by atoms with Crippen LogP contribution in [0.25, 0.3) is 0 Å². The van der Waals surface area contributed by atoms with Crippen molar-refractivity contribution in [2.45, 2.75) is 38.8 Å². The maximum Gasteiger partial charge on any atom is 0.340 e. The van der Waals surface area contributed by atoms with Crippen LogP contribution in [-0.4, -0.2) is 30.0 Å². The Morgan fingerprint density at radius 2 is 2.05 bits per heavy atom. The van der Waals surface area contributed by atoms with Crippen molar-refractivity contribution in [3.63, 3.8) is 0 Å². The summed E-state index contributed by atoms with van der Waals surface area (Å²) in [4.78, 5) is 3.67. The fourth-order valence-corrected chi connectivity index (χ4v) is 1.39. The van der Waals surface area contributed by atoms with E-state index in [1.807, 2.05) is 13.8 Å². The number of halogens is 5. The lowest BCUT2D eigenvalue weighted by Crippen LogP contribution is -2.34. The van der Waals surface area contributed by atoms with E-state index in [9.17, 15) is 17.6 Å². The molecule has 1 aromatic rings. The second-order valence-corrected chi connectivity index (χ2v) is 4.91. The van der Waals surface area contributed by atoms with Crippen LogP contribution >= 0.6 is 11.6 Å². The summed E-state index contributed by atoms with van der Waals surface area (Å²) in [7, 11) is 0. The largest absolute Gasteiger partial charge is 0.471 e. The van der Waals surface area contributed by atoms with Crippen molar-refractivity contribution in [1.29, 1.82) is 0 Å². The van der Waals surface area contributed by atoms with Crippen molar-refractivity contribution in [2.75, 3.05) is 6.61 Å². The molecule has 0 fully saturated rings. The van der Waals surface area contributed by atoms with E-state index >= 15 is 0 Å². The number of rotatable bonds is 7. The van der Waals surface area contributed by atoms with Gasteiger partial charge < -0.3 is 10.1 Å². The quantitative estimate of drug-likeness (QED) is 0.782. The molecule has 0 aliphatic carbocycles. The van der Waals surface area contributed by atoms with E-state index in [-0.39, 0.29) is 11.9 Å². The molecule has 8 heteroatoms. The average Bonchev–Trinajstić information content (AvgIpc) is 2.36. The van der Waals surface area contributed by atoms with Gasteiger partial charge >= 0.3 is 12.3 Å². The molecule has 3 nitrogen and oxygen atoms in total. The second-order valence-electron chi connectivity index (χ2n) is 4.50. The predicted octanol–water partition coefficient (Wildman–Crippen LogP) is 3.51. The van der Waals surface area contributed by atoms with E-state index in [0.717, 1.165) is 0 Å². The fraction of sp³-hybridized carbons (Fsp3) is 0.583. The number of nitrogens with zero attached hydrogens (tertiary/aromatic N) is 1. The van der Waals surface area contributed by atoms with Crippen LogP contribution in [0.2, 0.25) is 5.02 Å². The zero-order valence-electron chi connectivity index (χ0n) is 11.0. The normalized spacial score (nSPS) is 12.2. The summed E-state index contributed by atoms with van der Waals surface area (Å²) in [6.07, 6.45) is -2.55.